The zero-order chi connectivity index (χ0) is 15.9. The number of pyridine rings is 1. The molecule has 2 aromatic heterocycles. The molecule has 7 heteroatoms. The van der Waals surface area contributed by atoms with Crippen LogP contribution in [-0.4, -0.2) is 26.2 Å². The van der Waals surface area contributed by atoms with Crippen molar-refractivity contribution in [2.75, 3.05) is 5.32 Å². The topological polar surface area (TPSA) is 78.3 Å². The Morgan fingerprint density at radius 1 is 1.14 bits per heavy atom. The van der Waals surface area contributed by atoms with Crippen LogP contribution >= 0.6 is 22.9 Å². The fourth-order valence-corrected chi connectivity index (χ4v) is 3.12. The Morgan fingerprint density at radius 2 is 1.91 bits per heavy atom. The lowest BCUT2D eigenvalue weighted by molar-refractivity contribution is 0.475. The molecule has 0 unspecified atom stereocenters. The molecule has 0 amide bonds. The Hall–Kier alpha value is -2.05. The van der Waals surface area contributed by atoms with Crippen LogP contribution in [0.4, 0.5) is 5.13 Å². The molecule has 0 atom stereocenters. The number of anilines is 1. The quantitative estimate of drug-likeness (QED) is 0.667. The number of aromatic hydroxyl groups is 2. The number of aromatic nitrogens is 2. The van der Waals surface area contributed by atoms with Gasteiger partial charge in [0, 0.05) is 22.9 Å². The molecule has 2 heterocycles. The summed E-state index contributed by atoms with van der Waals surface area (Å²) in [5.41, 5.74) is 1.50. The van der Waals surface area contributed by atoms with Crippen LogP contribution < -0.4 is 5.32 Å². The zero-order valence-electron chi connectivity index (χ0n) is 12.0. The van der Waals surface area contributed by atoms with Gasteiger partial charge in [0.25, 0.3) is 0 Å². The highest BCUT2D eigenvalue weighted by Crippen LogP contribution is 2.37. The standard InChI is InChI=1S/C15H14ClN3O2S/c1-7(2)17-15-19-10(6-22-15)9-5-12(21)8-3-4-11(20)13(16)14(8)18-9/h3-7,20H,1-2H3,(H,17,19)(H,18,21). The van der Waals surface area contributed by atoms with Crippen molar-refractivity contribution in [3.05, 3.63) is 28.6 Å². The molecule has 0 aliphatic carbocycles. The number of benzene rings is 1. The summed E-state index contributed by atoms with van der Waals surface area (Å²) in [6.45, 7) is 4.06. The fourth-order valence-electron chi connectivity index (χ4n) is 2.07. The van der Waals surface area contributed by atoms with Gasteiger partial charge in [-0.1, -0.05) is 11.6 Å². The van der Waals surface area contributed by atoms with E-state index in [1.807, 2.05) is 19.2 Å². The molecule has 3 aromatic rings. The minimum atomic E-state index is -0.0707. The molecule has 3 N–H and O–H groups in total. The second kappa shape index (κ2) is 5.62. The van der Waals surface area contributed by atoms with Crippen molar-refractivity contribution in [3.8, 4) is 22.9 Å². The maximum Gasteiger partial charge on any atom is 0.183 e. The van der Waals surface area contributed by atoms with Crippen LogP contribution in [0.3, 0.4) is 0 Å². The number of halogens is 1. The van der Waals surface area contributed by atoms with Crippen molar-refractivity contribution in [3.63, 3.8) is 0 Å². The molecule has 0 bridgehead atoms. The monoisotopic (exact) mass is 335 g/mol. The van der Waals surface area contributed by atoms with Crippen molar-refractivity contribution in [1.82, 2.24) is 9.97 Å². The van der Waals surface area contributed by atoms with Gasteiger partial charge < -0.3 is 15.5 Å². The molecular weight excluding hydrogens is 322 g/mol. The number of thiazole rings is 1. The van der Waals surface area contributed by atoms with E-state index in [1.165, 1.54) is 17.4 Å². The first kappa shape index (κ1) is 14.9. The van der Waals surface area contributed by atoms with Gasteiger partial charge in [0.05, 0.1) is 11.2 Å². The molecule has 114 valence electrons. The number of hydrogen-bond donors (Lipinski definition) is 3. The predicted molar refractivity (Wildman–Crippen MR) is 89.9 cm³/mol. The molecule has 0 radical (unpaired) electrons. The molecule has 0 aliphatic rings. The lowest BCUT2D eigenvalue weighted by Crippen LogP contribution is -2.09. The van der Waals surface area contributed by atoms with Crippen LogP contribution in [0, 0.1) is 0 Å². The van der Waals surface area contributed by atoms with Crippen LogP contribution in [0.25, 0.3) is 22.3 Å². The molecule has 0 aliphatic heterocycles. The number of phenolic OH excluding ortho intramolecular Hbond substituents is 1. The highest BCUT2D eigenvalue weighted by Gasteiger charge is 2.14. The van der Waals surface area contributed by atoms with Crippen LogP contribution in [0.2, 0.25) is 5.02 Å². The van der Waals surface area contributed by atoms with Crippen LogP contribution in [0.5, 0.6) is 11.5 Å². The molecule has 0 saturated heterocycles. The molecule has 1 aromatic carbocycles. The van der Waals surface area contributed by atoms with Crippen LogP contribution in [0.1, 0.15) is 13.8 Å². The van der Waals surface area contributed by atoms with E-state index in [0.717, 1.165) is 5.13 Å². The van der Waals surface area contributed by atoms with Crippen LogP contribution in [0.15, 0.2) is 23.6 Å². The Morgan fingerprint density at radius 3 is 2.64 bits per heavy atom. The van der Waals surface area contributed by atoms with Gasteiger partial charge >= 0.3 is 0 Å². The van der Waals surface area contributed by atoms with E-state index in [9.17, 15) is 10.2 Å². The summed E-state index contributed by atoms with van der Waals surface area (Å²) in [6.07, 6.45) is 0. The lowest BCUT2D eigenvalue weighted by atomic mass is 10.1. The van der Waals surface area contributed by atoms with E-state index in [1.54, 1.807) is 12.1 Å². The van der Waals surface area contributed by atoms with Gasteiger partial charge in [-0.3, -0.25) is 0 Å². The van der Waals surface area contributed by atoms with Gasteiger partial charge in [-0.2, -0.15) is 0 Å². The molecule has 3 rings (SSSR count). The average Bonchev–Trinajstić information content (AvgIpc) is 2.90. The third kappa shape index (κ3) is 2.67. The van der Waals surface area contributed by atoms with Gasteiger partial charge in [-0.15, -0.1) is 11.3 Å². The summed E-state index contributed by atoms with van der Waals surface area (Å²) in [5.74, 6) is -0.0214. The highest BCUT2D eigenvalue weighted by molar-refractivity contribution is 7.14. The fraction of sp³-hybridized carbons (Fsp3) is 0.200. The van der Waals surface area contributed by atoms with Gasteiger partial charge in [-0.25, -0.2) is 9.97 Å². The summed E-state index contributed by atoms with van der Waals surface area (Å²) in [6, 6.07) is 4.84. The first-order valence-corrected chi connectivity index (χ1v) is 7.95. The van der Waals surface area contributed by atoms with Crippen molar-refractivity contribution in [2.24, 2.45) is 0 Å². The van der Waals surface area contributed by atoms with E-state index in [-0.39, 0.29) is 22.6 Å². The first-order chi connectivity index (χ1) is 10.5. The number of nitrogens with one attached hydrogen (secondary N) is 1. The second-order valence-electron chi connectivity index (χ2n) is 5.16. The number of nitrogens with zero attached hydrogens (tertiary/aromatic N) is 2. The SMILES string of the molecule is CC(C)Nc1nc(-c2cc(O)c3ccc(O)c(Cl)c3n2)cs1. The third-order valence-corrected chi connectivity index (χ3v) is 4.20. The number of hydrogen-bond acceptors (Lipinski definition) is 6. The van der Waals surface area contributed by atoms with Gasteiger partial charge in [0.1, 0.15) is 22.2 Å². The summed E-state index contributed by atoms with van der Waals surface area (Å²) in [4.78, 5) is 8.87. The number of fused-ring (bicyclic) bond motifs is 1. The van der Waals surface area contributed by atoms with Gasteiger partial charge in [-0.05, 0) is 26.0 Å². The van der Waals surface area contributed by atoms with Crippen LogP contribution in [-0.2, 0) is 0 Å². The molecule has 5 nitrogen and oxygen atoms in total. The van der Waals surface area contributed by atoms with Crippen molar-refractivity contribution < 1.29 is 10.2 Å². The lowest BCUT2D eigenvalue weighted by Gasteiger charge is -2.07. The highest BCUT2D eigenvalue weighted by atomic mass is 35.5. The second-order valence-corrected chi connectivity index (χ2v) is 6.39. The maximum absolute atomic E-state index is 10.2. The molecule has 0 fully saturated rings. The number of phenols is 1. The molecule has 0 saturated carbocycles. The summed E-state index contributed by atoms with van der Waals surface area (Å²) in [5, 5.41) is 26.3. The third-order valence-electron chi connectivity index (χ3n) is 3.06. The minimum absolute atomic E-state index is 0.0493. The van der Waals surface area contributed by atoms with Crippen molar-refractivity contribution >= 4 is 39.0 Å². The van der Waals surface area contributed by atoms with E-state index in [4.69, 9.17) is 11.6 Å². The maximum atomic E-state index is 10.2. The largest absolute Gasteiger partial charge is 0.507 e. The van der Waals surface area contributed by atoms with E-state index in [0.29, 0.717) is 22.3 Å². The van der Waals surface area contributed by atoms with E-state index in [2.05, 4.69) is 15.3 Å². The normalized spacial score (nSPS) is 11.3. The molecule has 22 heavy (non-hydrogen) atoms. The predicted octanol–water partition coefficient (Wildman–Crippen LogP) is 4.24. The first-order valence-electron chi connectivity index (χ1n) is 6.69. The summed E-state index contributed by atoms with van der Waals surface area (Å²) >= 11 is 7.54. The smallest absolute Gasteiger partial charge is 0.183 e. The van der Waals surface area contributed by atoms with Crippen molar-refractivity contribution in [1.29, 1.82) is 0 Å². The van der Waals surface area contributed by atoms with Gasteiger partial charge in [0.15, 0.2) is 5.13 Å². The summed E-state index contributed by atoms with van der Waals surface area (Å²) in [7, 11) is 0. The Balaban J connectivity index is 2.11. The van der Waals surface area contributed by atoms with Crippen molar-refractivity contribution in [2.45, 2.75) is 19.9 Å². The van der Waals surface area contributed by atoms with E-state index >= 15 is 0 Å². The average molecular weight is 336 g/mol. The Labute approximate surface area is 136 Å². The van der Waals surface area contributed by atoms with Gasteiger partial charge in [0.2, 0.25) is 0 Å². The molecular formula is C15H14ClN3O2S. The van der Waals surface area contributed by atoms with E-state index < -0.39 is 0 Å². The Kier molecular flexibility index (Phi) is 3.80. The zero-order valence-corrected chi connectivity index (χ0v) is 13.5. The Bertz CT molecular complexity index is 848. The molecule has 0 spiro atoms. The minimum Gasteiger partial charge on any atom is -0.507 e. The number of rotatable bonds is 3. The summed E-state index contributed by atoms with van der Waals surface area (Å²) < 4.78 is 0.